The molecule has 0 spiro atoms. The Labute approximate surface area is 166 Å². The number of aromatic nitrogens is 3. The molecule has 0 radical (unpaired) electrons. The third kappa shape index (κ3) is 3.83. The van der Waals surface area contributed by atoms with Gasteiger partial charge in [-0.2, -0.15) is 5.10 Å². The summed E-state index contributed by atoms with van der Waals surface area (Å²) in [6.07, 6.45) is 0.593. The van der Waals surface area contributed by atoms with Crippen LogP contribution in [-0.4, -0.2) is 32.1 Å². The number of pyridine rings is 1. The van der Waals surface area contributed by atoms with E-state index in [0.29, 0.717) is 31.1 Å². The van der Waals surface area contributed by atoms with Crippen LogP contribution >= 0.6 is 0 Å². The maximum atomic E-state index is 14.0. The Bertz CT molecular complexity index is 1080. The average molecular weight is 398 g/mol. The predicted octanol–water partition coefficient (Wildman–Crippen LogP) is 3.18. The highest BCUT2D eigenvalue weighted by Crippen LogP contribution is 2.25. The van der Waals surface area contributed by atoms with Crippen LogP contribution in [0.25, 0.3) is 0 Å². The Hall–Kier alpha value is -3.29. The van der Waals surface area contributed by atoms with Gasteiger partial charge in [-0.15, -0.1) is 0 Å². The van der Waals surface area contributed by atoms with Crippen LogP contribution in [-0.2, 0) is 26.6 Å². The van der Waals surface area contributed by atoms with Crippen LogP contribution in [0.1, 0.15) is 33.0 Å². The van der Waals surface area contributed by atoms with E-state index in [1.807, 2.05) is 26.1 Å². The second kappa shape index (κ2) is 7.62. The molecule has 0 fully saturated rings. The van der Waals surface area contributed by atoms with Crippen molar-refractivity contribution in [3.8, 4) is 5.88 Å². The van der Waals surface area contributed by atoms with Crippen LogP contribution in [0.2, 0.25) is 0 Å². The summed E-state index contributed by atoms with van der Waals surface area (Å²) < 4.78 is 34.8. The van der Waals surface area contributed by atoms with Gasteiger partial charge in [0.05, 0.1) is 5.56 Å². The lowest BCUT2D eigenvalue weighted by Crippen LogP contribution is -2.37. The zero-order valence-electron chi connectivity index (χ0n) is 16.2. The fourth-order valence-electron chi connectivity index (χ4n) is 3.53. The monoisotopic (exact) mass is 398 g/mol. The minimum Gasteiger partial charge on any atom is -0.471 e. The lowest BCUT2D eigenvalue weighted by molar-refractivity contribution is 0.0727. The van der Waals surface area contributed by atoms with Crippen LogP contribution in [0.4, 0.5) is 8.78 Å². The van der Waals surface area contributed by atoms with Crippen molar-refractivity contribution in [3.05, 3.63) is 76.2 Å². The summed E-state index contributed by atoms with van der Waals surface area (Å²) >= 11 is 0. The van der Waals surface area contributed by atoms with Gasteiger partial charge in [0.15, 0.2) is 0 Å². The standard InChI is InChI=1S/C21H20F2N4O2/c1-13-4-3-5-20(24-13)29-12-18-16-11-27(9-8-19(16)26(2)25-18)21(28)15-7-6-14(22)10-17(15)23/h3-7,10H,8-9,11-12H2,1-2H3. The van der Waals surface area contributed by atoms with Crippen molar-refractivity contribution in [3.63, 3.8) is 0 Å². The normalized spacial score (nSPS) is 13.3. The SMILES string of the molecule is Cc1cccc(OCc2nn(C)c3c2CN(C(=O)c2ccc(F)cc2F)CC3)n1. The Morgan fingerprint density at radius 3 is 2.83 bits per heavy atom. The van der Waals surface area contributed by atoms with Crippen LogP contribution in [0.15, 0.2) is 36.4 Å². The topological polar surface area (TPSA) is 60.2 Å². The van der Waals surface area contributed by atoms with E-state index >= 15 is 0 Å². The Morgan fingerprint density at radius 2 is 2.07 bits per heavy atom. The number of benzene rings is 1. The predicted molar refractivity (Wildman–Crippen MR) is 101 cm³/mol. The maximum absolute atomic E-state index is 14.0. The van der Waals surface area contributed by atoms with Gasteiger partial charge in [-0.05, 0) is 25.1 Å². The molecule has 0 N–H and O–H groups in total. The molecule has 1 amide bonds. The first-order valence-corrected chi connectivity index (χ1v) is 9.27. The molecule has 150 valence electrons. The first kappa shape index (κ1) is 19.0. The average Bonchev–Trinajstić information content (AvgIpc) is 3.01. The van der Waals surface area contributed by atoms with E-state index in [9.17, 15) is 13.6 Å². The quantitative estimate of drug-likeness (QED) is 0.677. The summed E-state index contributed by atoms with van der Waals surface area (Å²) in [6.45, 7) is 2.82. The van der Waals surface area contributed by atoms with Crippen molar-refractivity contribution < 1.29 is 18.3 Å². The lowest BCUT2D eigenvalue weighted by atomic mass is 10.0. The first-order valence-electron chi connectivity index (χ1n) is 9.27. The van der Waals surface area contributed by atoms with Crippen molar-refractivity contribution in [1.29, 1.82) is 0 Å². The fraction of sp³-hybridized carbons (Fsp3) is 0.286. The lowest BCUT2D eigenvalue weighted by Gasteiger charge is -2.28. The Kier molecular flexibility index (Phi) is 5.00. The number of nitrogens with zero attached hydrogens (tertiary/aromatic N) is 4. The van der Waals surface area contributed by atoms with Gasteiger partial charge in [0.25, 0.3) is 5.91 Å². The molecule has 0 bridgehead atoms. The number of amides is 1. The first-order chi connectivity index (χ1) is 13.9. The van der Waals surface area contributed by atoms with Crippen molar-refractivity contribution >= 4 is 5.91 Å². The van der Waals surface area contributed by atoms with E-state index in [1.165, 1.54) is 6.07 Å². The molecule has 2 aromatic heterocycles. The molecule has 0 saturated carbocycles. The fourth-order valence-corrected chi connectivity index (χ4v) is 3.53. The number of hydrogen-bond donors (Lipinski definition) is 0. The third-order valence-electron chi connectivity index (χ3n) is 4.99. The number of halogens is 2. The minimum absolute atomic E-state index is 0.138. The van der Waals surface area contributed by atoms with Crippen molar-refractivity contribution in [2.45, 2.75) is 26.5 Å². The number of aryl methyl sites for hydroxylation is 2. The number of carbonyl (C=O) groups is 1. The molecule has 1 aromatic carbocycles. The van der Waals surface area contributed by atoms with Gasteiger partial charge in [-0.25, -0.2) is 13.8 Å². The summed E-state index contributed by atoms with van der Waals surface area (Å²) in [5.41, 5.74) is 3.33. The van der Waals surface area contributed by atoms with Crippen molar-refractivity contribution in [1.82, 2.24) is 19.7 Å². The van der Waals surface area contributed by atoms with Crippen LogP contribution in [0, 0.1) is 18.6 Å². The summed E-state index contributed by atoms with van der Waals surface area (Å²) in [6, 6.07) is 8.51. The molecule has 8 heteroatoms. The molecular formula is C21H20F2N4O2. The number of rotatable bonds is 4. The highest BCUT2D eigenvalue weighted by atomic mass is 19.1. The van der Waals surface area contributed by atoms with Crippen LogP contribution in [0.3, 0.4) is 0 Å². The Balaban J connectivity index is 1.54. The zero-order valence-corrected chi connectivity index (χ0v) is 16.2. The molecule has 0 unspecified atom stereocenters. The molecular weight excluding hydrogens is 378 g/mol. The maximum Gasteiger partial charge on any atom is 0.257 e. The van der Waals surface area contributed by atoms with Gasteiger partial charge in [0.2, 0.25) is 5.88 Å². The molecule has 3 aromatic rings. The van der Waals surface area contributed by atoms with Crippen LogP contribution < -0.4 is 4.74 Å². The van der Waals surface area contributed by atoms with Crippen LogP contribution in [0.5, 0.6) is 5.88 Å². The van der Waals surface area contributed by atoms with Gasteiger partial charge in [-0.1, -0.05) is 6.07 Å². The molecule has 1 aliphatic heterocycles. The summed E-state index contributed by atoms with van der Waals surface area (Å²) in [5.74, 6) is -1.54. The van der Waals surface area contributed by atoms with E-state index in [4.69, 9.17) is 4.74 Å². The van der Waals surface area contributed by atoms with E-state index < -0.39 is 17.5 Å². The molecule has 0 atom stereocenters. The number of carbonyl (C=O) groups excluding carboxylic acids is 1. The zero-order chi connectivity index (χ0) is 20.5. The second-order valence-corrected chi connectivity index (χ2v) is 7.00. The van der Waals surface area contributed by atoms with Gasteiger partial charge in [-0.3, -0.25) is 9.48 Å². The van der Waals surface area contributed by atoms with E-state index in [0.717, 1.165) is 29.1 Å². The summed E-state index contributed by atoms with van der Waals surface area (Å²) in [5, 5.41) is 4.53. The molecule has 29 heavy (non-hydrogen) atoms. The molecule has 4 rings (SSSR count). The Morgan fingerprint density at radius 1 is 1.24 bits per heavy atom. The van der Waals surface area contributed by atoms with E-state index in [-0.39, 0.29) is 12.2 Å². The smallest absolute Gasteiger partial charge is 0.257 e. The largest absolute Gasteiger partial charge is 0.471 e. The van der Waals surface area contributed by atoms with Gasteiger partial charge >= 0.3 is 0 Å². The van der Waals surface area contributed by atoms with Crippen molar-refractivity contribution in [2.75, 3.05) is 6.54 Å². The molecule has 0 saturated heterocycles. The third-order valence-corrected chi connectivity index (χ3v) is 4.99. The minimum atomic E-state index is -0.860. The summed E-state index contributed by atoms with van der Waals surface area (Å²) in [7, 11) is 1.85. The number of ether oxygens (including phenoxy) is 1. The molecule has 0 aliphatic carbocycles. The van der Waals surface area contributed by atoms with Gasteiger partial charge in [0.1, 0.15) is 23.9 Å². The van der Waals surface area contributed by atoms with Gasteiger partial charge in [0, 0.05) is 55.6 Å². The summed E-state index contributed by atoms with van der Waals surface area (Å²) in [4.78, 5) is 18.6. The molecule has 6 nitrogen and oxygen atoms in total. The molecule has 3 heterocycles. The highest BCUT2D eigenvalue weighted by Gasteiger charge is 2.28. The molecule has 1 aliphatic rings. The number of hydrogen-bond acceptors (Lipinski definition) is 4. The second-order valence-electron chi connectivity index (χ2n) is 7.00. The van der Waals surface area contributed by atoms with E-state index in [2.05, 4.69) is 10.1 Å². The highest BCUT2D eigenvalue weighted by molar-refractivity contribution is 5.94. The van der Waals surface area contributed by atoms with Gasteiger partial charge < -0.3 is 9.64 Å². The number of fused-ring (bicyclic) bond motifs is 1. The van der Waals surface area contributed by atoms with E-state index in [1.54, 1.807) is 15.6 Å². The van der Waals surface area contributed by atoms with Crippen molar-refractivity contribution in [2.24, 2.45) is 7.05 Å².